The number of H-pyrrole nitrogens is 2. The first kappa shape index (κ1) is 27.9. The molecular formula is C31H40N4O2. The van der Waals surface area contributed by atoms with Gasteiger partial charge in [0.25, 0.3) is 0 Å². The Hall–Kier alpha value is -3.67. The predicted octanol–water partition coefficient (Wildman–Crippen LogP) is 7.91. The third kappa shape index (κ3) is 6.37. The summed E-state index contributed by atoms with van der Waals surface area (Å²) >= 11 is 0. The summed E-state index contributed by atoms with van der Waals surface area (Å²) in [5, 5.41) is 7.72. The number of nitrogens with one attached hydrogen (secondary N) is 2. The Bertz CT molecular complexity index is 1470. The van der Waals surface area contributed by atoms with E-state index in [2.05, 4.69) is 81.0 Å². The monoisotopic (exact) mass is 500 g/mol. The Morgan fingerprint density at radius 3 is 2.27 bits per heavy atom. The van der Waals surface area contributed by atoms with Crippen molar-refractivity contribution < 1.29 is 9.90 Å². The Balaban J connectivity index is 0.000000489. The summed E-state index contributed by atoms with van der Waals surface area (Å²) in [7, 11) is 0. The fourth-order valence-corrected chi connectivity index (χ4v) is 4.45. The first-order valence-corrected chi connectivity index (χ1v) is 13.3. The molecule has 0 saturated carbocycles. The molecule has 3 N–H and O–H groups in total. The number of hydrogen-bond donors (Lipinski definition) is 3. The molecule has 3 aromatic rings. The van der Waals surface area contributed by atoms with Crippen LogP contribution in [-0.4, -0.2) is 31.0 Å². The molecular weight excluding hydrogens is 460 g/mol. The highest BCUT2D eigenvalue weighted by atomic mass is 16.4. The maximum Gasteiger partial charge on any atom is 0.303 e. The van der Waals surface area contributed by atoms with Crippen LogP contribution in [0.1, 0.15) is 93.3 Å². The second kappa shape index (κ2) is 12.0. The van der Waals surface area contributed by atoms with Crippen LogP contribution in [-0.2, 0) is 17.6 Å². The highest BCUT2D eigenvalue weighted by molar-refractivity contribution is 5.84. The molecule has 0 aromatic carbocycles. The number of nitrogens with zero attached hydrogens (tertiary/aromatic N) is 2. The molecule has 0 radical (unpaired) electrons. The molecule has 0 saturated heterocycles. The van der Waals surface area contributed by atoms with Crippen LogP contribution < -0.4 is 0 Å². The van der Waals surface area contributed by atoms with E-state index in [4.69, 9.17) is 15.1 Å². The van der Waals surface area contributed by atoms with E-state index in [-0.39, 0.29) is 6.42 Å². The summed E-state index contributed by atoms with van der Waals surface area (Å²) in [6, 6.07) is 11.0. The van der Waals surface area contributed by atoms with E-state index in [1.165, 1.54) is 22.3 Å². The van der Waals surface area contributed by atoms with E-state index in [1.807, 2.05) is 13.8 Å². The van der Waals surface area contributed by atoms with Crippen LogP contribution >= 0.6 is 0 Å². The molecule has 3 aromatic heterocycles. The van der Waals surface area contributed by atoms with Crippen molar-refractivity contribution in [3.05, 3.63) is 69.8 Å². The van der Waals surface area contributed by atoms with Crippen LogP contribution in [0.4, 0.5) is 0 Å². The number of carboxylic acid groups (broad SMARTS) is 1. The maximum absolute atomic E-state index is 9.37. The van der Waals surface area contributed by atoms with Gasteiger partial charge in [-0.15, -0.1) is 0 Å². The number of aryl methyl sites for hydroxylation is 2. The zero-order valence-corrected chi connectivity index (χ0v) is 23.4. The third-order valence-electron chi connectivity index (χ3n) is 6.68. The van der Waals surface area contributed by atoms with Crippen molar-refractivity contribution in [1.29, 1.82) is 0 Å². The number of carbonyl (C=O) groups is 1. The van der Waals surface area contributed by atoms with Gasteiger partial charge in [-0.2, -0.15) is 0 Å². The summed E-state index contributed by atoms with van der Waals surface area (Å²) < 4.78 is 0. The smallest absolute Gasteiger partial charge is 0.303 e. The number of aromatic nitrogens is 4. The summed E-state index contributed by atoms with van der Waals surface area (Å²) in [5.74, 6) is -0.342. The van der Waals surface area contributed by atoms with Crippen molar-refractivity contribution in [3.8, 4) is 0 Å². The molecule has 6 heteroatoms. The topological polar surface area (TPSA) is 94.7 Å². The molecule has 5 rings (SSSR count). The molecule has 5 heterocycles. The zero-order valence-electron chi connectivity index (χ0n) is 23.4. The van der Waals surface area contributed by atoms with Crippen molar-refractivity contribution in [3.63, 3.8) is 0 Å². The van der Waals surface area contributed by atoms with Crippen molar-refractivity contribution in [1.82, 2.24) is 19.9 Å². The standard InChI is InChI=1S/C26H28N4.C3H6O2.C2H6/c1-6-18-10-20-11-19-7-14(2)21(27-19)12-22-15(3)8-24(29-22)17(5)25-9-16(4)23(30-25)13-26(18)28-20;1-2-3(4)5;1-2/h7,9-13,15,27-28H,6,8H2,1-5H3;2H2,1H3,(H,4,5);1-2H3. The minimum Gasteiger partial charge on any atom is -0.481 e. The molecule has 0 amide bonds. The lowest BCUT2D eigenvalue weighted by Crippen LogP contribution is -1.91. The minimum absolute atomic E-state index is 0.222. The number of aliphatic carboxylic acids is 1. The van der Waals surface area contributed by atoms with E-state index in [9.17, 15) is 4.79 Å². The van der Waals surface area contributed by atoms with Crippen molar-refractivity contribution in [2.45, 2.75) is 80.6 Å². The lowest BCUT2D eigenvalue weighted by atomic mass is 10.0. The molecule has 196 valence electrons. The van der Waals surface area contributed by atoms with Gasteiger partial charge in [0.2, 0.25) is 0 Å². The van der Waals surface area contributed by atoms with Crippen LogP contribution in [0.5, 0.6) is 0 Å². The number of carboxylic acids is 1. The van der Waals surface area contributed by atoms with Crippen LogP contribution in [0, 0.1) is 13.8 Å². The summed E-state index contributed by atoms with van der Waals surface area (Å²) in [5.41, 5.74) is 13.7. The van der Waals surface area contributed by atoms with Gasteiger partial charge in [0, 0.05) is 45.8 Å². The molecule has 1 atom stereocenters. The molecule has 1 unspecified atom stereocenters. The van der Waals surface area contributed by atoms with Crippen LogP contribution in [0.15, 0.2) is 30.3 Å². The van der Waals surface area contributed by atoms with Gasteiger partial charge in [-0.3, -0.25) is 9.78 Å². The maximum atomic E-state index is 9.37. The van der Waals surface area contributed by atoms with E-state index < -0.39 is 5.97 Å². The first-order valence-electron chi connectivity index (χ1n) is 13.3. The lowest BCUT2D eigenvalue weighted by Gasteiger charge is -2.00. The highest BCUT2D eigenvalue weighted by Crippen LogP contribution is 2.30. The van der Waals surface area contributed by atoms with E-state index in [0.717, 1.165) is 57.7 Å². The Morgan fingerprint density at radius 1 is 0.973 bits per heavy atom. The lowest BCUT2D eigenvalue weighted by molar-refractivity contribution is -0.136. The van der Waals surface area contributed by atoms with Crippen molar-refractivity contribution >= 4 is 39.7 Å². The molecule has 0 fully saturated rings. The molecule has 6 nitrogen and oxygen atoms in total. The molecule has 0 spiro atoms. The summed E-state index contributed by atoms with van der Waals surface area (Å²) in [6.45, 7) is 16.5. The second-order valence-corrected chi connectivity index (χ2v) is 9.44. The van der Waals surface area contributed by atoms with Gasteiger partial charge in [0.1, 0.15) is 0 Å². The second-order valence-electron chi connectivity index (χ2n) is 9.44. The zero-order chi connectivity index (χ0) is 27.3. The van der Waals surface area contributed by atoms with Crippen LogP contribution in [0.25, 0.3) is 33.7 Å². The first-order chi connectivity index (χ1) is 17.7. The van der Waals surface area contributed by atoms with Gasteiger partial charge in [0.15, 0.2) is 0 Å². The average Bonchev–Trinajstić information content (AvgIpc) is 3.63. The fourth-order valence-electron chi connectivity index (χ4n) is 4.45. The Kier molecular flexibility index (Phi) is 9.09. The fraction of sp³-hybridized carbons (Fsp3) is 0.387. The number of allylic oxidation sites excluding steroid dienone is 1. The van der Waals surface area contributed by atoms with Gasteiger partial charge < -0.3 is 15.1 Å². The molecule has 2 aliphatic heterocycles. The summed E-state index contributed by atoms with van der Waals surface area (Å²) in [4.78, 5) is 26.5. The Labute approximate surface area is 219 Å². The molecule has 37 heavy (non-hydrogen) atoms. The minimum atomic E-state index is -0.745. The van der Waals surface area contributed by atoms with E-state index in [1.54, 1.807) is 6.92 Å². The molecule has 0 aliphatic carbocycles. The van der Waals surface area contributed by atoms with E-state index >= 15 is 0 Å². The number of aromatic amines is 2. The number of rotatable bonds is 2. The van der Waals surface area contributed by atoms with Gasteiger partial charge in [-0.25, -0.2) is 4.98 Å². The number of fused-ring (bicyclic) bond motifs is 8. The van der Waals surface area contributed by atoms with Gasteiger partial charge in [-0.1, -0.05) is 34.6 Å². The van der Waals surface area contributed by atoms with E-state index in [0.29, 0.717) is 5.92 Å². The van der Waals surface area contributed by atoms with Gasteiger partial charge >= 0.3 is 5.97 Å². The summed E-state index contributed by atoms with van der Waals surface area (Å²) in [6.07, 6.45) is 4.35. The van der Waals surface area contributed by atoms with Crippen LogP contribution in [0.2, 0.25) is 0 Å². The quantitative estimate of drug-likeness (QED) is 0.333. The molecule has 8 bridgehead atoms. The van der Waals surface area contributed by atoms with Gasteiger partial charge in [0.05, 0.1) is 11.4 Å². The number of hydrogen-bond acceptors (Lipinski definition) is 3. The SMILES string of the molecule is CC.CCC(=O)O.CCc1cc2cc3cc(C)c(cc4nc(c(C)c5nc(cc1[nH]2)C(C)=C5)CC4C)[nH]3. The molecule has 2 aliphatic rings. The third-order valence-corrected chi connectivity index (χ3v) is 6.68. The highest BCUT2D eigenvalue weighted by Gasteiger charge is 2.19. The van der Waals surface area contributed by atoms with Crippen LogP contribution in [0.3, 0.4) is 0 Å². The normalized spacial score (nSPS) is 14.2. The largest absolute Gasteiger partial charge is 0.481 e. The van der Waals surface area contributed by atoms with Crippen molar-refractivity contribution in [2.24, 2.45) is 0 Å². The van der Waals surface area contributed by atoms with Gasteiger partial charge in [-0.05, 0) is 92.3 Å². The Morgan fingerprint density at radius 2 is 1.62 bits per heavy atom. The van der Waals surface area contributed by atoms with Crippen molar-refractivity contribution in [2.75, 3.05) is 0 Å². The predicted molar refractivity (Wildman–Crippen MR) is 155 cm³/mol. The average molecular weight is 501 g/mol.